The standard InChI is InChI=1S/C24H19F3N2O/c25-24(26,27)19-9-11-20(12-10-19)30-14-4-8-23-21(18-6-3-13-28-16-18)15-17-5-1-2-7-22(17)29-23/h1-3,5-7,9-13,15-16H,4,8,14H2. The first-order chi connectivity index (χ1) is 14.5. The monoisotopic (exact) mass is 408 g/mol. The van der Waals surface area contributed by atoms with E-state index in [1.54, 1.807) is 6.20 Å². The van der Waals surface area contributed by atoms with Crippen molar-refractivity contribution in [2.24, 2.45) is 0 Å². The third kappa shape index (κ3) is 4.59. The Hall–Kier alpha value is -3.41. The zero-order valence-corrected chi connectivity index (χ0v) is 16.1. The molecule has 0 bridgehead atoms. The summed E-state index contributed by atoms with van der Waals surface area (Å²) >= 11 is 0. The van der Waals surface area contributed by atoms with Crippen LogP contribution in [0.25, 0.3) is 22.0 Å². The lowest BCUT2D eigenvalue weighted by atomic mass is 10.0. The van der Waals surface area contributed by atoms with Crippen molar-refractivity contribution in [2.45, 2.75) is 19.0 Å². The normalized spacial score (nSPS) is 11.6. The summed E-state index contributed by atoms with van der Waals surface area (Å²) in [5, 5.41) is 1.06. The SMILES string of the molecule is FC(F)(F)c1ccc(OCCCc2nc3ccccc3cc2-c2cccnc2)cc1. The Morgan fingerprint density at radius 2 is 1.70 bits per heavy atom. The molecule has 6 heteroatoms. The minimum atomic E-state index is -4.34. The minimum absolute atomic E-state index is 0.381. The molecule has 0 radical (unpaired) electrons. The van der Waals surface area contributed by atoms with E-state index in [1.165, 1.54) is 12.1 Å². The summed E-state index contributed by atoms with van der Waals surface area (Å²) in [6.07, 6.45) is 0.557. The number of alkyl halides is 3. The van der Waals surface area contributed by atoms with Crippen LogP contribution in [0, 0.1) is 0 Å². The van der Waals surface area contributed by atoms with Crippen molar-refractivity contribution in [3.05, 3.63) is 90.4 Å². The predicted octanol–water partition coefficient (Wildman–Crippen LogP) is 6.33. The number of nitrogens with zero attached hydrogens (tertiary/aromatic N) is 2. The van der Waals surface area contributed by atoms with Crippen LogP contribution >= 0.6 is 0 Å². The molecule has 30 heavy (non-hydrogen) atoms. The maximum atomic E-state index is 12.7. The summed E-state index contributed by atoms with van der Waals surface area (Å²) in [5.74, 6) is 0.418. The topological polar surface area (TPSA) is 35.0 Å². The highest BCUT2D eigenvalue weighted by atomic mass is 19.4. The molecule has 2 aromatic heterocycles. The number of para-hydroxylation sites is 1. The zero-order chi connectivity index (χ0) is 21.0. The third-order valence-electron chi connectivity index (χ3n) is 4.78. The smallest absolute Gasteiger partial charge is 0.416 e. The van der Waals surface area contributed by atoms with Crippen LogP contribution in [0.15, 0.2) is 79.1 Å². The number of hydrogen-bond donors (Lipinski definition) is 0. The zero-order valence-electron chi connectivity index (χ0n) is 16.1. The van der Waals surface area contributed by atoms with Gasteiger partial charge in [-0.3, -0.25) is 9.97 Å². The summed E-state index contributed by atoms with van der Waals surface area (Å²) in [7, 11) is 0. The first kappa shape index (κ1) is 19.9. The molecule has 0 aliphatic rings. The molecule has 2 heterocycles. The van der Waals surface area contributed by atoms with Gasteiger partial charge in [0.2, 0.25) is 0 Å². The molecule has 0 spiro atoms. The van der Waals surface area contributed by atoms with Gasteiger partial charge < -0.3 is 4.74 Å². The Balaban J connectivity index is 1.47. The molecule has 0 saturated carbocycles. The highest BCUT2D eigenvalue weighted by molar-refractivity contribution is 5.84. The van der Waals surface area contributed by atoms with Gasteiger partial charge in [-0.15, -0.1) is 0 Å². The van der Waals surface area contributed by atoms with Gasteiger partial charge in [-0.2, -0.15) is 13.2 Å². The van der Waals surface area contributed by atoms with E-state index in [9.17, 15) is 13.2 Å². The van der Waals surface area contributed by atoms with E-state index >= 15 is 0 Å². The van der Waals surface area contributed by atoms with Crippen molar-refractivity contribution < 1.29 is 17.9 Å². The van der Waals surface area contributed by atoms with E-state index in [2.05, 4.69) is 11.1 Å². The van der Waals surface area contributed by atoms with E-state index in [4.69, 9.17) is 9.72 Å². The number of halogens is 3. The first-order valence-corrected chi connectivity index (χ1v) is 9.60. The van der Waals surface area contributed by atoms with E-state index in [-0.39, 0.29) is 0 Å². The summed E-state index contributed by atoms with van der Waals surface area (Å²) in [6, 6.07) is 18.7. The Morgan fingerprint density at radius 3 is 2.43 bits per heavy atom. The molecule has 0 aliphatic heterocycles. The van der Waals surface area contributed by atoms with E-state index in [0.717, 1.165) is 39.9 Å². The van der Waals surface area contributed by atoms with Crippen molar-refractivity contribution in [3.63, 3.8) is 0 Å². The van der Waals surface area contributed by atoms with Crippen LogP contribution in [0.2, 0.25) is 0 Å². The van der Waals surface area contributed by atoms with Crippen molar-refractivity contribution in [1.82, 2.24) is 9.97 Å². The number of ether oxygens (including phenoxy) is 1. The summed E-state index contributed by atoms with van der Waals surface area (Å²) in [6.45, 7) is 0.381. The van der Waals surface area contributed by atoms with Gasteiger partial charge in [0.1, 0.15) is 5.75 Å². The van der Waals surface area contributed by atoms with Crippen LogP contribution in [-0.2, 0) is 12.6 Å². The molecule has 0 N–H and O–H groups in total. The summed E-state index contributed by atoms with van der Waals surface area (Å²) < 4.78 is 43.6. The number of aryl methyl sites for hydroxylation is 1. The summed E-state index contributed by atoms with van der Waals surface area (Å²) in [5.41, 5.74) is 3.20. The largest absolute Gasteiger partial charge is 0.494 e. The molecular weight excluding hydrogens is 389 g/mol. The molecule has 0 amide bonds. The maximum Gasteiger partial charge on any atom is 0.416 e. The lowest BCUT2D eigenvalue weighted by Crippen LogP contribution is -2.05. The lowest BCUT2D eigenvalue weighted by Gasteiger charge is -2.12. The van der Waals surface area contributed by atoms with E-state index in [1.807, 2.05) is 42.6 Å². The number of benzene rings is 2. The first-order valence-electron chi connectivity index (χ1n) is 9.60. The number of aromatic nitrogens is 2. The summed E-state index contributed by atoms with van der Waals surface area (Å²) in [4.78, 5) is 9.04. The molecule has 0 aliphatic carbocycles. The van der Waals surface area contributed by atoms with Gasteiger partial charge in [-0.1, -0.05) is 24.3 Å². The minimum Gasteiger partial charge on any atom is -0.494 e. The van der Waals surface area contributed by atoms with E-state index < -0.39 is 11.7 Å². The van der Waals surface area contributed by atoms with Gasteiger partial charge in [0, 0.05) is 34.6 Å². The van der Waals surface area contributed by atoms with Crippen molar-refractivity contribution in [3.8, 4) is 16.9 Å². The molecule has 152 valence electrons. The quantitative estimate of drug-likeness (QED) is 0.350. The highest BCUT2D eigenvalue weighted by Gasteiger charge is 2.30. The van der Waals surface area contributed by atoms with Crippen LogP contribution in [-0.4, -0.2) is 16.6 Å². The molecule has 0 saturated heterocycles. The maximum absolute atomic E-state index is 12.7. The van der Waals surface area contributed by atoms with Gasteiger partial charge in [0.05, 0.1) is 17.7 Å². The molecule has 4 aromatic rings. The van der Waals surface area contributed by atoms with Crippen LogP contribution in [0.3, 0.4) is 0 Å². The Morgan fingerprint density at radius 1 is 0.900 bits per heavy atom. The molecular formula is C24H19F3N2O. The Bertz CT molecular complexity index is 1130. The molecule has 0 fully saturated rings. The highest BCUT2D eigenvalue weighted by Crippen LogP contribution is 2.30. The van der Waals surface area contributed by atoms with Crippen LogP contribution in [0.5, 0.6) is 5.75 Å². The second-order valence-corrected chi connectivity index (χ2v) is 6.89. The fourth-order valence-corrected chi connectivity index (χ4v) is 3.29. The van der Waals surface area contributed by atoms with Crippen molar-refractivity contribution >= 4 is 10.9 Å². The van der Waals surface area contributed by atoms with Crippen LogP contribution in [0.4, 0.5) is 13.2 Å². The van der Waals surface area contributed by atoms with Crippen LogP contribution < -0.4 is 4.74 Å². The van der Waals surface area contributed by atoms with Gasteiger partial charge >= 0.3 is 6.18 Å². The number of hydrogen-bond acceptors (Lipinski definition) is 3. The third-order valence-corrected chi connectivity index (χ3v) is 4.78. The average Bonchev–Trinajstić information content (AvgIpc) is 2.76. The predicted molar refractivity (Wildman–Crippen MR) is 110 cm³/mol. The average molecular weight is 408 g/mol. The fourth-order valence-electron chi connectivity index (χ4n) is 3.29. The number of fused-ring (bicyclic) bond motifs is 1. The van der Waals surface area contributed by atoms with Crippen LogP contribution in [0.1, 0.15) is 17.7 Å². The van der Waals surface area contributed by atoms with Gasteiger partial charge in [0.15, 0.2) is 0 Å². The molecule has 0 atom stereocenters. The van der Waals surface area contributed by atoms with Gasteiger partial charge in [-0.25, -0.2) is 0 Å². The second kappa shape index (κ2) is 8.53. The van der Waals surface area contributed by atoms with E-state index in [0.29, 0.717) is 25.2 Å². The number of pyridine rings is 2. The number of rotatable bonds is 6. The molecule has 4 rings (SSSR count). The van der Waals surface area contributed by atoms with Gasteiger partial charge in [0.25, 0.3) is 0 Å². The molecule has 0 unspecified atom stereocenters. The van der Waals surface area contributed by atoms with Crippen molar-refractivity contribution in [1.29, 1.82) is 0 Å². The Kier molecular flexibility index (Phi) is 5.65. The van der Waals surface area contributed by atoms with Crippen molar-refractivity contribution in [2.75, 3.05) is 6.61 Å². The second-order valence-electron chi connectivity index (χ2n) is 6.89. The fraction of sp³-hybridized carbons (Fsp3) is 0.167. The van der Waals surface area contributed by atoms with Gasteiger partial charge in [-0.05, 0) is 55.3 Å². The molecule has 3 nitrogen and oxygen atoms in total. The molecule has 2 aromatic carbocycles. The lowest BCUT2D eigenvalue weighted by molar-refractivity contribution is -0.137. The Labute approximate surface area is 172 Å².